The van der Waals surface area contributed by atoms with Gasteiger partial charge in [-0.15, -0.1) is 0 Å². The first-order chi connectivity index (χ1) is 8.21. The van der Waals surface area contributed by atoms with Crippen molar-refractivity contribution in [3.8, 4) is 0 Å². The van der Waals surface area contributed by atoms with Crippen molar-refractivity contribution >= 4 is 17.4 Å². The monoisotopic (exact) mass is 247 g/mol. The molecule has 4 heteroatoms. The predicted molar refractivity (Wildman–Crippen MR) is 73.7 cm³/mol. The van der Waals surface area contributed by atoms with E-state index in [0.29, 0.717) is 5.84 Å². The smallest absolute Gasteiger partial charge is 0.174 e. The van der Waals surface area contributed by atoms with E-state index in [4.69, 9.17) is 5.73 Å². The van der Waals surface area contributed by atoms with Crippen LogP contribution in [0.5, 0.6) is 0 Å². The highest BCUT2D eigenvalue weighted by Crippen LogP contribution is 2.38. The molecule has 98 valence electrons. The van der Waals surface area contributed by atoms with Crippen LogP contribution in [0.25, 0.3) is 0 Å². The van der Waals surface area contributed by atoms with Gasteiger partial charge in [0.2, 0.25) is 0 Å². The number of hydrogen-bond donors (Lipinski definition) is 1. The van der Waals surface area contributed by atoms with E-state index in [1.807, 2.05) is 4.57 Å². The Morgan fingerprint density at radius 3 is 2.50 bits per heavy atom. The van der Waals surface area contributed by atoms with Crippen molar-refractivity contribution in [3.05, 3.63) is 17.3 Å². The number of amidine groups is 1. The Morgan fingerprint density at radius 1 is 1.39 bits per heavy atom. The van der Waals surface area contributed by atoms with Crippen molar-refractivity contribution in [1.29, 1.82) is 0 Å². The van der Waals surface area contributed by atoms with Crippen LogP contribution in [-0.2, 0) is 5.41 Å². The molecule has 0 amide bonds. The minimum absolute atomic E-state index is 0.0680. The highest BCUT2D eigenvalue weighted by molar-refractivity contribution is 6.15. The number of carbonyl (C=O) groups excluding carboxylic acids is 1. The van der Waals surface area contributed by atoms with E-state index < -0.39 is 0 Å². The van der Waals surface area contributed by atoms with E-state index in [1.54, 1.807) is 0 Å². The van der Waals surface area contributed by atoms with Gasteiger partial charge < -0.3 is 10.3 Å². The summed E-state index contributed by atoms with van der Waals surface area (Å²) in [6.07, 6.45) is 2.29. The van der Waals surface area contributed by atoms with E-state index in [1.165, 1.54) is 0 Å². The molecule has 2 rings (SSSR count). The van der Waals surface area contributed by atoms with E-state index in [9.17, 15) is 4.79 Å². The molecule has 0 atom stereocenters. The Morgan fingerprint density at radius 2 is 2.00 bits per heavy atom. The zero-order valence-electron chi connectivity index (χ0n) is 11.7. The highest BCUT2D eigenvalue weighted by Gasteiger charge is 2.31. The average molecular weight is 247 g/mol. The Labute approximate surface area is 108 Å². The van der Waals surface area contributed by atoms with Gasteiger partial charge in [0.05, 0.1) is 12.0 Å². The van der Waals surface area contributed by atoms with E-state index in [-0.39, 0.29) is 23.7 Å². The summed E-state index contributed by atoms with van der Waals surface area (Å²) in [5.74, 6) is 1.22. The van der Waals surface area contributed by atoms with Crippen LogP contribution in [0.1, 0.15) is 63.0 Å². The summed E-state index contributed by atoms with van der Waals surface area (Å²) in [7, 11) is 0. The van der Waals surface area contributed by atoms with Gasteiger partial charge in [0.15, 0.2) is 5.78 Å². The standard InChI is InChI=1S/C14H21N3O/c1-8(2)17-7-9(14(3,4)5)12-10(18)6-11(15)16-13(12)17/h7-8H,6H2,1-5H3,(H2,15,16). The van der Waals surface area contributed by atoms with Crippen LogP contribution in [0.2, 0.25) is 0 Å². The molecule has 2 heterocycles. The van der Waals surface area contributed by atoms with Gasteiger partial charge in [0.1, 0.15) is 11.7 Å². The predicted octanol–water partition coefficient (Wildman–Crippen LogP) is 2.94. The van der Waals surface area contributed by atoms with Crippen molar-refractivity contribution in [2.45, 2.75) is 52.5 Å². The van der Waals surface area contributed by atoms with Crippen molar-refractivity contribution < 1.29 is 4.79 Å². The number of ketones is 1. The zero-order valence-corrected chi connectivity index (χ0v) is 11.7. The summed E-state index contributed by atoms with van der Waals surface area (Å²) < 4.78 is 2.04. The number of Topliss-reactive ketones (excluding diaryl/α,β-unsaturated/α-hetero) is 1. The fraction of sp³-hybridized carbons (Fsp3) is 0.571. The van der Waals surface area contributed by atoms with Crippen LogP contribution >= 0.6 is 0 Å². The van der Waals surface area contributed by atoms with Crippen LogP contribution in [0.15, 0.2) is 11.2 Å². The Hall–Kier alpha value is -1.58. The highest BCUT2D eigenvalue weighted by atomic mass is 16.1. The van der Waals surface area contributed by atoms with Gasteiger partial charge in [0, 0.05) is 12.2 Å². The number of aliphatic imine (C=N–C) groups is 1. The lowest BCUT2D eigenvalue weighted by Gasteiger charge is -2.20. The molecule has 18 heavy (non-hydrogen) atoms. The number of aromatic nitrogens is 1. The van der Waals surface area contributed by atoms with Gasteiger partial charge in [-0.25, -0.2) is 4.99 Å². The molecule has 0 saturated carbocycles. The summed E-state index contributed by atoms with van der Waals surface area (Å²) in [5.41, 5.74) is 7.49. The number of rotatable bonds is 1. The number of carbonyl (C=O) groups is 1. The third kappa shape index (κ3) is 1.96. The van der Waals surface area contributed by atoms with Gasteiger partial charge in [-0.2, -0.15) is 0 Å². The fourth-order valence-electron chi connectivity index (χ4n) is 2.29. The number of fused-ring (bicyclic) bond motifs is 1. The van der Waals surface area contributed by atoms with Crippen molar-refractivity contribution in [2.24, 2.45) is 10.7 Å². The number of nitrogens with two attached hydrogens (primary N) is 1. The molecule has 0 aliphatic carbocycles. The zero-order chi connectivity index (χ0) is 13.7. The van der Waals surface area contributed by atoms with Crippen molar-refractivity contribution in [1.82, 2.24) is 4.57 Å². The number of hydrogen-bond acceptors (Lipinski definition) is 3. The maximum atomic E-state index is 12.2. The second kappa shape index (κ2) is 3.97. The number of nitrogens with zero attached hydrogens (tertiary/aromatic N) is 2. The van der Waals surface area contributed by atoms with Gasteiger partial charge in [-0.1, -0.05) is 20.8 Å². The summed E-state index contributed by atoms with van der Waals surface area (Å²) in [6.45, 7) is 10.5. The molecule has 4 nitrogen and oxygen atoms in total. The van der Waals surface area contributed by atoms with Crippen molar-refractivity contribution in [3.63, 3.8) is 0 Å². The topological polar surface area (TPSA) is 60.4 Å². The minimum Gasteiger partial charge on any atom is -0.387 e. The van der Waals surface area contributed by atoms with E-state index in [2.05, 4.69) is 45.8 Å². The van der Waals surface area contributed by atoms with Gasteiger partial charge in [-0.3, -0.25) is 4.79 Å². The van der Waals surface area contributed by atoms with Crippen molar-refractivity contribution in [2.75, 3.05) is 0 Å². The first-order valence-electron chi connectivity index (χ1n) is 6.33. The van der Waals surface area contributed by atoms with Crippen LogP contribution in [-0.4, -0.2) is 16.2 Å². The second-order valence-corrected chi connectivity index (χ2v) is 6.20. The molecule has 0 fully saturated rings. The van der Waals surface area contributed by atoms with E-state index >= 15 is 0 Å². The molecule has 0 radical (unpaired) electrons. The first kappa shape index (κ1) is 12.9. The largest absolute Gasteiger partial charge is 0.387 e. The Bertz CT molecular complexity index is 530. The maximum Gasteiger partial charge on any atom is 0.174 e. The van der Waals surface area contributed by atoms with Gasteiger partial charge in [0.25, 0.3) is 0 Å². The molecule has 1 aromatic heterocycles. The lowest BCUT2D eigenvalue weighted by atomic mass is 9.84. The van der Waals surface area contributed by atoms with Crippen LogP contribution in [0, 0.1) is 0 Å². The van der Waals surface area contributed by atoms with Gasteiger partial charge in [-0.05, 0) is 24.8 Å². The molecule has 0 spiro atoms. The quantitative estimate of drug-likeness (QED) is 0.829. The van der Waals surface area contributed by atoms with Crippen LogP contribution in [0.4, 0.5) is 5.82 Å². The fourth-order valence-corrected chi connectivity index (χ4v) is 2.29. The SMILES string of the molecule is CC(C)n1cc(C(C)(C)C)c2c1N=C(N)CC2=O. The summed E-state index contributed by atoms with van der Waals surface area (Å²) >= 11 is 0. The normalized spacial score (nSPS) is 15.9. The van der Waals surface area contributed by atoms with E-state index in [0.717, 1.165) is 16.9 Å². The molecule has 0 saturated heterocycles. The third-order valence-corrected chi connectivity index (χ3v) is 3.24. The Balaban J connectivity index is 2.74. The van der Waals surface area contributed by atoms with Crippen LogP contribution < -0.4 is 5.73 Å². The first-order valence-corrected chi connectivity index (χ1v) is 6.33. The van der Waals surface area contributed by atoms with Crippen LogP contribution in [0.3, 0.4) is 0 Å². The molecular weight excluding hydrogens is 226 g/mol. The summed E-state index contributed by atoms with van der Waals surface area (Å²) in [5, 5.41) is 0. The molecule has 0 unspecified atom stereocenters. The molecule has 1 aliphatic rings. The lowest BCUT2D eigenvalue weighted by Crippen LogP contribution is -2.23. The molecular formula is C14H21N3O. The minimum atomic E-state index is -0.0680. The Kier molecular flexibility index (Phi) is 2.84. The molecule has 1 aliphatic heterocycles. The van der Waals surface area contributed by atoms with Gasteiger partial charge >= 0.3 is 0 Å². The molecule has 2 N–H and O–H groups in total. The lowest BCUT2D eigenvalue weighted by molar-refractivity contribution is 0.0997. The average Bonchev–Trinajstić information content (AvgIpc) is 2.56. The summed E-state index contributed by atoms with van der Waals surface area (Å²) in [6, 6.07) is 0.261. The molecule has 0 aromatic carbocycles. The summed E-state index contributed by atoms with van der Waals surface area (Å²) in [4.78, 5) is 16.6. The second-order valence-electron chi connectivity index (χ2n) is 6.20. The molecule has 1 aromatic rings. The molecule has 0 bridgehead atoms. The maximum absolute atomic E-state index is 12.2. The third-order valence-electron chi connectivity index (χ3n) is 3.24.